The molecule has 0 N–H and O–H groups in total. The molecule has 0 unspecified atom stereocenters. The molecule has 0 spiro atoms. The zero-order valence-corrected chi connectivity index (χ0v) is 5.86. The van der Waals surface area contributed by atoms with Gasteiger partial charge in [-0.25, -0.2) is 0 Å². The van der Waals surface area contributed by atoms with Crippen molar-refractivity contribution in [2.45, 2.75) is 0 Å². The van der Waals surface area contributed by atoms with Crippen molar-refractivity contribution in [3.05, 3.63) is 0 Å². The normalized spacial score (nSPS) is 18.9. The van der Waals surface area contributed by atoms with Crippen LogP contribution in [0.1, 0.15) is 0 Å². The molecule has 3 nitrogen and oxygen atoms in total. The van der Waals surface area contributed by atoms with Gasteiger partial charge in [-0.05, 0) is 12.2 Å². The molecule has 1 aliphatic rings. The Labute approximate surface area is 59.3 Å². The molecule has 1 fully saturated rings. The van der Waals surface area contributed by atoms with Crippen molar-refractivity contribution in [2.24, 2.45) is 5.10 Å². The monoisotopic (exact) mass is 144 g/mol. The highest BCUT2D eigenvalue weighted by molar-refractivity contribution is 7.78. The van der Waals surface area contributed by atoms with Crippen LogP contribution < -0.4 is 0 Å². The number of morpholine rings is 1. The molecule has 1 rings (SSSR count). The third kappa shape index (κ3) is 2.10. The minimum absolute atomic E-state index is 0.751. The number of hydrogen-bond acceptors (Lipinski definition) is 4. The summed E-state index contributed by atoms with van der Waals surface area (Å²) in [5.41, 5.74) is 0. The van der Waals surface area contributed by atoms with Crippen molar-refractivity contribution >= 4 is 17.4 Å². The summed E-state index contributed by atoms with van der Waals surface area (Å²) >= 11 is 4.43. The highest BCUT2D eigenvalue weighted by Gasteiger charge is 2.05. The summed E-state index contributed by atoms with van der Waals surface area (Å²) in [6, 6.07) is 0. The van der Waals surface area contributed by atoms with E-state index in [1.165, 1.54) is 0 Å². The highest BCUT2D eigenvalue weighted by atomic mass is 32.1. The van der Waals surface area contributed by atoms with E-state index < -0.39 is 0 Å². The minimum Gasteiger partial charge on any atom is -0.378 e. The quantitative estimate of drug-likeness (QED) is 0.392. The average Bonchev–Trinajstić information content (AvgIpc) is 1.91. The van der Waals surface area contributed by atoms with Gasteiger partial charge in [0.1, 0.15) is 0 Å². The van der Waals surface area contributed by atoms with Gasteiger partial charge < -0.3 is 4.74 Å². The molecule has 4 heteroatoms. The van der Waals surface area contributed by atoms with Crippen molar-refractivity contribution in [2.75, 3.05) is 26.3 Å². The first kappa shape index (κ1) is 6.68. The van der Waals surface area contributed by atoms with Crippen LogP contribution >= 0.6 is 12.2 Å². The van der Waals surface area contributed by atoms with E-state index >= 15 is 0 Å². The Balaban J connectivity index is 2.31. The second-order valence-electron chi connectivity index (χ2n) is 1.76. The van der Waals surface area contributed by atoms with E-state index in [1.54, 1.807) is 0 Å². The molecule has 0 aromatic heterocycles. The van der Waals surface area contributed by atoms with Crippen molar-refractivity contribution < 1.29 is 4.74 Å². The van der Waals surface area contributed by atoms with Crippen molar-refractivity contribution in [1.29, 1.82) is 0 Å². The fourth-order valence-corrected chi connectivity index (χ4v) is 0.827. The first-order valence-electron chi connectivity index (χ1n) is 2.84. The molecule has 0 aliphatic carbocycles. The standard InChI is InChI=1S/C5H8N2OS/c9-5-6-7-1-3-8-4-2-7/h1-4H2. The first-order chi connectivity index (χ1) is 4.43. The van der Waals surface area contributed by atoms with Gasteiger partial charge in [-0.2, -0.15) is 0 Å². The molecular formula is C5H8N2OS. The van der Waals surface area contributed by atoms with Crippen LogP contribution in [-0.4, -0.2) is 36.5 Å². The number of hydrogen-bond donors (Lipinski definition) is 0. The van der Waals surface area contributed by atoms with Gasteiger partial charge in [0.2, 0.25) is 0 Å². The molecule has 9 heavy (non-hydrogen) atoms. The van der Waals surface area contributed by atoms with Crippen molar-refractivity contribution in [1.82, 2.24) is 5.01 Å². The maximum atomic E-state index is 5.08. The maximum absolute atomic E-state index is 5.08. The van der Waals surface area contributed by atoms with Gasteiger partial charge in [0.25, 0.3) is 0 Å². The SMILES string of the molecule is S=C=NN1CCOCC1. The van der Waals surface area contributed by atoms with E-state index in [1.807, 2.05) is 5.01 Å². The van der Waals surface area contributed by atoms with Crippen LogP contribution in [0.3, 0.4) is 0 Å². The second-order valence-corrected chi connectivity index (χ2v) is 1.94. The lowest BCUT2D eigenvalue weighted by Crippen LogP contribution is -2.31. The lowest BCUT2D eigenvalue weighted by Gasteiger charge is -2.21. The summed E-state index contributed by atoms with van der Waals surface area (Å²) < 4.78 is 5.08. The molecule has 50 valence electrons. The van der Waals surface area contributed by atoms with E-state index in [2.05, 4.69) is 22.5 Å². The van der Waals surface area contributed by atoms with Crippen LogP contribution in [0.2, 0.25) is 0 Å². The summed E-state index contributed by atoms with van der Waals surface area (Å²) in [6.45, 7) is 3.17. The molecule has 1 aliphatic heterocycles. The molecule has 1 heterocycles. The molecule has 0 aromatic carbocycles. The summed E-state index contributed by atoms with van der Waals surface area (Å²) in [5, 5.41) is 7.98. The predicted octanol–water partition coefficient (Wildman–Crippen LogP) is 0.336. The first-order valence-corrected chi connectivity index (χ1v) is 3.25. The van der Waals surface area contributed by atoms with Gasteiger partial charge >= 0.3 is 0 Å². The third-order valence-electron chi connectivity index (χ3n) is 1.17. The molecule has 0 atom stereocenters. The van der Waals surface area contributed by atoms with Gasteiger partial charge in [0.15, 0.2) is 0 Å². The van der Waals surface area contributed by atoms with Gasteiger partial charge in [-0.1, -0.05) is 0 Å². The number of hydrazone groups is 1. The van der Waals surface area contributed by atoms with Crippen LogP contribution in [0.25, 0.3) is 0 Å². The second kappa shape index (κ2) is 3.56. The van der Waals surface area contributed by atoms with Gasteiger partial charge in [-0.3, -0.25) is 5.01 Å². The fourth-order valence-electron chi connectivity index (χ4n) is 0.711. The molecule has 0 radical (unpaired) electrons. The zero-order chi connectivity index (χ0) is 6.53. The van der Waals surface area contributed by atoms with Crippen LogP contribution in [0.4, 0.5) is 0 Å². The number of isothiocyanates is 1. The fraction of sp³-hybridized carbons (Fsp3) is 0.800. The average molecular weight is 144 g/mol. The molecule has 0 aromatic rings. The Morgan fingerprint density at radius 1 is 1.44 bits per heavy atom. The van der Waals surface area contributed by atoms with Gasteiger partial charge in [-0.15, -0.1) is 5.10 Å². The summed E-state index contributed by atoms with van der Waals surface area (Å²) in [7, 11) is 0. The number of thiocarbonyl (C=S) groups is 1. The molecule has 0 amide bonds. The van der Waals surface area contributed by atoms with E-state index in [4.69, 9.17) is 4.74 Å². The van der Waals surface area contributed by atoms with Gasteiger partial charge in [0, 0.05) is 0 Å². The Kier molecular flexibility index (Phi) is 2.64. The molecular weight excluding hydrogens is 136 g/mol. The van der Waals surface area contributed by atoms with E-state index in [0.29, 0.717) is 0 Å². The smallest absolute Gasteiger partial charge is 0.0846 e. The predicted molar refractivity (Wildman–Crippen MR) is 37.4 cm³/mol. The third-order valence-corrected chi connectivity index (χ3v) is 1.25. The van der Waals surface area contributed by atoms with E-state index in [-0.39, 0.29) is 0 Å². The van der Waals surface area contributed by atoms with E-state index in [9.17, 15) is 0 Å². The van der Waals surface area contributed by atoms with Crippen molar-refractivity contribution in [3.8, 4) is 0 Å². The molecule has 0 saturated carbocycles. The van der Waals surface area contributed by atoms with E-state index in [0.717, 1.165) is 26.3 Å². The van der Waals surface area contributed by atoms with Crippen LogP contribution in [-0.2, 0) is 4.74 Å². The van der Waals surface area contributed by atoms with Gasteiger partial charge in [0.05, 0.1) is 31.5 Å². The number of rotatable bonds is 1. The highest BCUT2D eigenvalue weighted by Crippen LogP contribution is 1.94. The number of nitrogens with zero attached hydrogens (tertiary/aromatic N) is 2. The Hall–Kier alpha value is -0.440. The maximum Gasteiger partial charge on any atom is 0.0846 e. The van der Waals surface area contributed by atoms with Crippen LogP contribution in [0.15, 0.2) is 5.10 Å². The summed E-state index contributed by atoms with van der Waals surface area (Å²) in [4.78, 5) is 0. The lowest BCUT2D eigenvalue weighted by molar-refractivity contribution is 0.0398. The Morgan fingerprint density at radius 2 is 2.11 bits per heavy atom. The van der Waals surface area contributed by atoms with Crippen LogP contribution in [0, 0.1) is 0 Å². The van der Waals surface area contributed by atoms with Crippen molar-refractivity contribution in [3.63, 3.8) is 0 Å². The number of ether oxygens (including phenoxy) is 1. The topological polar surface area (TPSA) is 24.8 Å². The largest absolute Gasteiger partial charge is 0.378 e. The summed E-state index contributed by atoms with van der Waals surface area (Å²) in [5.74, 6) is 0. The summed E-state index contributed by atoms with van der Waals surface area (Å²) in [6.07, 6.45) is 0. The lowest BCUT2D eigenvalue weighted by atomic mass is 10.5. The Morgan fingerprint density at radius 3 is 2.67 bits per heavy atom. The Bertz CT molecular complexity index is 127. The van der Waals surface area contributed by atoms with Crippen LogP contribution in [0.5, 0.6) is 0 Å². The molecule has 0 bridgehead atoms. The molecule has 1 saturated heterocycles. The minimum atomic E-state index is 0.751. The zero-order valence-electron chi connectivity index (χ0n) is 5.04.